The van der Waals surface area contributed by atoms with E-state index in [-0.39, 0.29) is 0 Å². The van der Waals surface area contributed by atoms with Crippen LogP contribution in [-0.4, -0.2) is 26.5 Å². The molecule has 0 aromatic carbocycles. The van der Waals surface area contributed by atoms with Gasteiger partial charge in [-0.25, -0.2) is 13.1 Å². The lowest BCUT2D eigenvalue weighted by Gasteiger charge is -2.24. The van der Waals surface area contributed by atoms with E-state index >= 15 is 0 Å². The number of aromatic amines is 1. The first-order chi connectivity index (χ1) is 9.12. The van der Waals surface area contributed by atoms with Gasteiger partial charge in [0.05, 0.1) is 4.90 Å². The fraction of sp³-hybridized carbons (Fsp3) is 0.692. The Morgan fingerprint density at radius 3 is 2.84 bits per heavy atom. The van der Waals surface area contributed by atoms with E-state index in [2.05, 4.69) is 15.0 Å². The molecule has 1 saturated carbocycles. The van der Waals surface area contributed by atoms with E-state index in [0.29, 0.717) is 18.0 Å². The van der Waals surface area contributed by atoms with Gasteiger partial charge in [-0.15, -0.1) is 0 Å². The Morgan fingerprint density at radius 2 is 2.21 bits per heavy atom. The standard InChI is InChI=1S/C13H23N3O2S/c1-2-14-9-12-8-13(10-15-12)19(17,18)16-7-6-11-4-3-5-11/h8,10-11,14-16H,2-7,9H2,1H3. The van der Waals surface area contributed by atoms with Gasteiger partial charge in [-0.05, 0) is 24.9 Å². The zero-order chi connectivity index (χ0) is 13.7. The summed E-state index contributed by atoms with van der Waals surface area (Å²) in [7, 11) is -3.35. The average molecular weight is 285 g/mol. The number of nitrogens with one attached hydrogen (secondary N) is 3. The molecule has 0 saturated heterocycles. The molecule has 1 aromatic rings. The van der Waals surface area contributed by atoms with Crippen LogP contribution in [-0.2, 0) is 16.6 Å². The van der Waals surface area contributed by atoms with Crippen molar-refractivity contribution in [2.45, 2.75) is 44.0 Å². The van der Waals surface area contributed by atoms with E-state index in [4.69, 9.17) is 0 Å². The highest BCUT2D eigenvalue weighted by Crippen LogP contribution is 2.28. The van der Waals surface area contributed by atoms with Gasteiger partial charge in [-0.3, -0.25) is 0 Å². The maximum atomic E-state index is 12.1. The molecule has 6 heteroatoms. The summed E-state index contributed by atoms with van der Waals surface area (Å²) in [5.41, 5.74) is 0.890. The predicted octanol–water partition coefficient (Wildman–Crippen LogP) is 1.59. The molecule has 0 radical (unpaired) electrons. The zero-order valence-corrected chi connectivity index (χ0v) is 12.2. The van der Waals surface area contributed by atoms with Crippen molar-refractivity contribution in [1.29, 1.82) is 0 Å². The van der Waals surface area contributed by atoms with Gasteiger partial charge in [0, 0.05) is 25.0 Å². The van der Waals surface area contributed by atoms with Gasteiger partial charge in [0.15, 0.2) is 0 Å². The first kappa shape index (κ1) is 14.6. The fourth-order valence-electron chi connectivity index (χ4n) is 2.20. The Hall–Kier alpha value is -0.850. The lowest BCUT2D eigenvalue weighted by atomic mass is 9.83. The molecule has 0 atom stereocenters. The van der Waals surface area contributed by atoms with Gasteiger partial charge in [-0.2, -0.15) is 0 Å². The third kappa shape index (κ3) is 4.06. The minimum atomic E-state index is -3.35. The largest absolute Gasteiger partial charge is 0.363 e. The smallest absolute Gasteiger partial charge is 0.242 e. The Bertz CT molecular complexity index is 492. The van der Waals surface area contributed by atoms with Gasteiger partial charge in [0.25, 0.3) is 0 Å². The molecule has 1 aliphatic carbocycles. The lowest BCUT2D eigenvalue weighted by Crippen LogP contribution is -2.27. The molecule has 19 heavy (non-hydrogen) atoms. The first-order valence-corrected chi connectivity index (χ1v) is 8.48. The van der Waals surface area contributed by atoms with Crippen molar-refractivity contribution in [3.05, 3.63) is 18.0 Å². The van der Waals surface area contributed by atoms with Crippen molar-refractivity contribution in [1.82, 2.24) is 15.0 Å². The van der Waals surface area contributed by atoms with Crippen LogP contribution in [0.25, 0.3) is 0 Å². The molecular weight excluding hydrogens is 262 g/mol. The molecule has 3 N–H and O–H groups in total. The maximum absolute atomic E-state index is 12.1. The molecule has 0 unspecified atom stereocenters. The summed E-state index contributed by atoms with van der Waals surface area (Å²) in [6.45, 7) is 4.08. The minimum absolute atomic E-state index is 0.328. The highest BCUT2D eigenvalue weighted by Gasteiger charge is 2.19. The number of hydrogen-bond acceptors (Lipinski definition) is 3. The molecule has 1 aliphatic rings. The number of hydrogen-bond donors (Lipinski definition) is 3. The average Bonchev–Trinajstić information content (AvgIpc) is 2.79. The second-order valence-corrected chi connectivity index (χ2v) is 6.89. The molecule has 0 bridgehead atoms. The molecule has 108 valence electrons. The summed E-state index contributed by atoms with van der Waals surface area (Å²) < 4.78 is 26.8. The molecular formula is C13H23N3O2S. The van der Waals surface area contributed by atoms with Gasteiger partial charge in [0.1, 0.15) is 0 Å². The molecule has 1 fully saturated rings. The van der Waals surface area contributed by atoms with Crippen LogP contribution in [0, 0.1) is 5.92 Å². The fourth-order valence-corrected chi connectivity index (χ4v) is 3.26. The molecule has 1 heterocycles. The summed E-state index contributed by atoms with van der Waals surface area (Å²) in [5, 5.41) is 3.16. The zero-order valence-electron chi connectivity index (χ0n) is 11.4. The van der Waals surface area contributed by atoms with Crippen LogP contribution in [0.5, 0.6) is 0 Å². The van der Waals surface area contributed by atoms with E-state index in [0.717, 1.165) is 24.6 Å². The SMILES string of the molecule is CCNCc1cc(S(=O)(=O)NCCC2CCC2)c[nH]1. The van der Waals surface area contributed by atoms with Crippen LogP contribution in [0.15, 0.2) is 17.2 Å². The highest BCUT2D eigenvalue weighted by molar-refractivity contribution is 7.89. The molecule has 0 aliphatic heterocycles. The van der Waals surface area contributed by atoms with Crippen LogP contribution in [0.2, 0.25) is 0 Å². The molecule has 5 nitrogen and oxygen atoms in total. The summed E-state index contributed by atoms with van der Waals surface area (Å²) in [6.07, 6.45) is 6.30. The molecule has 2 rings (SSSR count). The highest BCUT2D eigenvalue weighted by atomic mass is 32.2. The van der Waals surface area contributed by atoms with Gasteiger partial charge in [0.2, 0.25) is 10.0 Å². The van der Waals surface area contributed by atoms with Crippen LogP contribution in [0.1, 0.15) is 38.3 Å². The number of aromatic nitrogens is 1. The lowest BCUT2D eigenvalue weighted by molar-refractivity contribution is 0.297. The molecule has 0 amide bonds. The van der Waals surface area contributed by atoms with Crippen molar-refractivity contribution >= 4 is 10.0 Å². The van der Waals surface area contributed by atoms with E-state index in [9.17, 15) is 8.42 Å². The number of rotatable bonds is 8. The Morgan fingerprint density at radius 1 is 1.42 bits per heavy atom. The third-order valence-electron chi connectivity index (χ3n) is 3.66. The third-order valence-corrected chi connectivity index (χ3v) is 5.10. The van der Waals surface area contributed by atoms with Crippen molar-refractivity contribution in [2.24, 2.45) is 5.92 Å². The summed E-state index contributed by atoms with van der Waals surface area (Å²) >= 11 is 0. The van der Waals surface area contributed by atoms with Gasteiger partial charge >= 0.3 is 0 Å². The summed E-state index contributed by atoms with van der Waals surface area (Å²) in [4.78, 5) is 3.31. The number of H-pyrrole nitrogens is 1. The van der Waals surface area contributed by atoms with E-state index in [1.807, 2.05) is 6.92 Å². The van der Waals surface area contributed by atoms with Crippen LogP contribution < -0.4 is 10.0 Å². The topological polar surface area (TPSA) is 74.0 Å². The summed E-state index contributed by atoms with van der Waals surface area (Å²) in [5.74, 6) is 0.721. The van der Waals surface area contributed by atoms with Gasteiger partial charge < -0.3 is 10.3 Å². The predicted molar refractivity (Wildman–Crippen MR) is 75.3 cm³/mol. The van der Waals surface area contributed by atoms with Crippen molar-refractivity contribution in [3.8, 4) is 0 Å². The second-order valence-electron chi connectivity index (χ2n) is 5.12. The first-order valence-electron chi connectivity index (χ1n) is 6.99. The normalized spacial score (nSPS) is 16.5. The van der Waals surface area contributed by atoms with Crippen molar-refractivity contribution in [2.75, 3.05) is 13.1 Å². The van der Waals surface area contributed by atoms with Crippen LogP contribution >= 0.6 is 0 Å². The second kappa shape index (κ2) is 6.54. The van der Waals surface area contributed by atoms with E-state index in [1.54, 1.807) is 12.3 Å². The maximum Gasteiger partial charge on any atom is 0.242 e. The molecule has 1 aromatic heterocycles. The van der Waals surface area contributed by atoms with Crippen LogP contribution in [0.3, 0.4) is 0 Å². The number of sulfonamides is 1. The quantitative estimate of drug-likeness (QED) is 0.679. The summed E-state index contributed by atoms with van der Waals surface area (Å²) in [6, 6.07) is 1.69. The van der Waals surface area contributed by atoms with Crippen molar-refractivity contribution in [3.63, 3.8) is 0 Å². The van der Waals surface area contributed by atoms with Gasteiger partial charge in [-0.1, -0.05) is 26.2 Å². The monoisotopic (exact) mass is 285 g/mol. The van der Waals surface area contributed by atoms with E-state index in [1.165, 1.54) is 19.3 Å². The Kier molecular flexibility index (Phi) is 5.01. The Balaban J connectivity index is 1.85. The van der Waals surface area contributed by atoms with Crippen LogP contribution in [0.4, 0.5) is 0 Å². The Labute approximate surface area is 115 Å². The van der Waals surface area contributed by atoms with E-state index < -0.39 is 10.0 Å². The molecule has 0 spiro atoms. The van der Waals surface area contributed by atoms with Crippen molar-refractivity contribution < 1.29 is 8.42 Å². The minimum Gasteiger partial charge on any atom is -0.363 e.